The summed E-state index contributed by atoms with van der Waals surface area (Å²) in [7, 11) is 1.95. The second-order valence-corrected chi connectivity index (χ2v) is 4.98. The summed E-state index contributed by atoms with van der Waals surface area (Å²) in [6, 6.07) is 0. The van der Waals surface area contributed by atoms with Gasteiger partial charge in [-0.15, -0.1) is 11.6 Å². The fraction of sp³-hybridized carbons (Fsp3) is 0.750. The normalized spacial score (nSPS) is 15.2. The van der Waals surface area contributed by atoms with E-state index in [-0.39, 0.29) is 5.41 Å². The van der Waals surface area contributed by atoms with Crippen LogP contribution in [0, 0.1) is 5.41 Å². The van der Waals surface area contributed by atoms with Crippen molar-refractivity contribution in [1.82, 2.24) is 9.78 Å². The minimum absolute atomic E-state index is 0.284. The monoisotopic (exact) mass is 228 g/mol. The highest BCUT2D eigenvalue weighted by molar-refractivity contribution is 6.18. The molecule has 1 aromatic heterocycles. The largest absolute Gasteiger partial charge is 0.276 e. The van der Waals surface area contributed by atoms with Crippen molar-refractivity contribution in [2.24, 2.45) is 12.5 Å². The minimum atomic E-state index is 0.284. The van der Waals surface area contributed by atoms with Crippen LogP contribution in [0.15, 0.2) is 12.4 Å². The Kier molecular flexibility index (Phi) is 4.65. The Balaban J connectivity index is 2.47. The second kappa shape index (κ2) is 5.55. The zero-order valence-electron chi connectivity index (χ0n) is 9.96. The van der Waals surface area contributed by atoms with Crippen LogP contribution in [0.3, 0.4) is 0 Å². The van der Waals surface area contributed by atoms with Crippen LogP contribution in [0.4, 0.5) is 0 Å². The first-order valence-corrected chi connectivity index (χ1v) is 6.16. The van der Waals surface area contributed by atoms with Crippen molar-refractivity contribution in [1.29, 1.82) is 0 Å². The van der Waals surface area contributed by atoms with Crippen molar-refractivity contribution in [2.45, 2.75) is 39.5 Å². The molecule has 0 N–H and O–H groups in total. The van der Waals surface area contributed by atoms with Crippen LogP contribution in [-0.2, 0) is 13.5 Å². The maximum absolute atomic E-state index is 6.04. The molecule has 1 unspecified atom stereocenters. The Morgan fingerprint density at radius 2 is 2.20 bits per heavy atom. The third-order valence-electron chi connectivity index (χ3n) is 2.95. The van der Waals surface area contributed by atoms with Crippen LogP contribution >= 0.6 is 11.6 Å². The molecule has 0 aromatic carbocycles. The molecule has 0 amide bonds. The number of hydrogen-bond donors (Lipinski definition) is 0. The number of aromatic nitrogens is 2. The summed E-state index contributed by atoms with van der Waals surface area (Å²) in [5.41, 5.74) is 1.59. The fourth-order valence-corrected chi connectivity index (χ4v) is 2.18. The van der Waals surface area contributed by atoms with Crippen LogP contribution < -0.4 is 0 Å². The molecular weight excluding hydrogens is 208 g/mol. The first kappa shape index (κ1) is 12.6. The van der Waals surface area contributed by atoms with Gasteiger partial charge in [0.2, 0.25) is 0 Å². The summed E-state index contributed by atoms with van der Waals surface area (Å²) in [6.07, 6.45) is 8.67. The van der Waals surface area contributed by atoms with Gasteiger partial charge in [0, 0.05) is 19.1 Å². The number of halogens is 1. The highest BCUT2D eigenvalue weighted by Crippen LogP contribution is 2.30. The lowest BCUT2D eigenvalue weighted by Crippen LogP contribution is -2.19. The van der Waals surface area contributed by atoms with Crippen molar-refractivity contribution in [3.63, 3.8) is 0 Å². The summed E-state index contributed by atoms with van der Waals surface area (Å²) >= 11 is 6.04. The van der Waals surface area contributed by atoms with E-state index >= 15 is 0 Å². The molecule has 0 aliphatic heterocycles. The van der Waals surface area contributed by atoms with E-state index in [0.29, 0.717) is 0 Å². The maximum atomic E-state index is 6.04. The van der Waals surface area contributed by atoms with Gasteiger partial charge in [-0.3, -0.25) is 4.68 Å². The van der Waals surface area contributed by atoms with Gasteiger partial charge in [0.05, 0.1) is 6.20 Å². The third-order valence-corrected chi connectivity index (χ3v) is 3.60. The molecule has 1 aromatic rings. The van der Waals surface area contributed by atoms with Crippen LogP contribution in [-0.4, -0.2) is 15.7 Å². The van der Waals surface area contributed by atoms with Gasteiger partial charge in [-0.05, 0) is 30.2 Å². The number of rotatable bonds is 6. The molecule has 0 aliphatic carbocycles. The van der Waals surface area contributed by atoms with Crippen LogP contribution in [0.1, 0.15) is 38.7 Å². The van der Waals surface area contributed by atoms with Gasteiger partial charge in [-0.25, -0.2) is 0 Å². The van der Waals surface area contributed by atoms with Gasteiger partial charge in [0.15, 0.2) is 0 Å². The van der Waals surface area contributed by atoms with E-state index < -0.39 is 0 Å². The maximum Gasteiger partial charge on any atom is 0.0521 e. The SMILES string of the molecule is CCCC(C)(CCl)CCc1cnn(C)c1. The number of alkyl halides is 1. The Morgan fingerprint density at radius 3 is 2.67 bits per heavy atom. The molecular formula is C12H21ClN2. The van der Waals surface area contributed by atoms with Gasteiger partial charge >= 0.3 is 0 Å². The Morgan fingerprint density at radius 1 is 1.47 bits per heavy atom. The van der Waals surface area contributed by atoms with Gasteiger partial charge < -0.3 is 0 Å². The smallest absolute Gasteiger partial charge is 0.0521 e. The number of hydrogen-bond acceptors (Lipinski definition) is 1. The molecule has 86 valence electrons. The molecule has 2 nitrogen and oxygen atoms in total. The molecule has 1 atom stereocenters. The summed E-state index contributed by atoms with van der Waals surface area (Å²) in [6.45, 7) is 4.49. The molecule has 0 fully saturated rings. The molecule has 0 saturated heterocycles. The van der Waals surface area contributed by atoms with E-state index in [1.165, 1.54) is 18.4 Å². The molecule has 0 bridgehead atoms. The zero-order chi connectivity index (χ0) is 11.3. The predicted octanol–water partition coefficient (Wildman–Crippen LogP) is 3.40. The second-order valence-electron chi connectivity index (χ2n) is 4.72. The minimum Gasteiger partial charge on any atom is -0.276 e. The lowest BCUT2D eigenvalue weighted by molar-refractivity contribution is 0.310. The zero-order valence-corrected chi connectivity index (χ0v) is 10.7. The average Bonchev–Trinajstić information content (AvgIpc) is 2.62. The quantitative estimate of drug-likeness (QED) is 0.683. The Bertz CT molecular complexity index is 296. The number of aryl methyl sites for hydroxylation is 2. The van der Waals surface area contributed by atoms with Crippen molar-refractivity contribution < 1.29 is 0 Å². The molecule has 0 spiro atoms. The highest BCUT2D eigenvalue weighted by atomic mass is 35.5. The van der Waals surface area contributed by atoms with Crippen molar-refractivity contribution in [3.05, 3.63) is 18.0 Å². The lowest BCUT2D eigenvalue weighted by atomic mass is 9.82. The molecule has 15 heavy (non-hydrogen) atoms. The predicted molar refractivity (Wildman–Crippen MR) is 65.3 cm³/mol. The molecule has 3 heteroatoms. The van der Waals surface area contributed by atoms with Crippen molar-refractivity contribution in [3.8, 4) is 0 Å². The molecule has 0 radical (unpaired) electrons. The first-order valence-electron chi connectivity index (χ1n) is 5.63. The molecule has 0 saturated carbocycles. The Labute approximate surface area is 97.6 Å². The molecule has 1 heterocycles. The van der Waals surface area contributed by atoms with E-state index in [2.05, 4.69) is 25.1 Å². The van der Waals surface area contributed by atoms with Gasteiger partial charge in [0.25, 0.3) is 0 Å². The lowest BCUT2D eigenvalue weighted by Gasteiger charge is -2.26. The first-order chi connectivity index (χ1) is 7.09. The summed E-state index contributed by atoms with van der Waals surface area (Å²) in [4.78, 5) is 0. The number of nitrogens with zero attached hydrogens (tertiary/aromatic N) is 2. The average molecular weight is 229 g/mol. The molecule has 0 aliphatic rings. The van der Waals surface area contributed by atoms with Crippen LogP contribution in [0.5, 0.6) is 0 Å². The standard InChI is InChI=1S/C12H21ClN2/c1-4-6-12(2,10-13)7-5-11-8-14-15(3)9-11/h8-9H,4-7,10H2,1-3H3. The van der Waals surface area contributed by atoms with Crippen molar-refractivity contribution in [2.75, 3.05) is 5.88 Å². The van der Waals surface area contributed by atoms with Gasteiger partial charge in [0.1, 0.15) is 0 Å². The third kappa shape index (κ3) is 3.86. The van der Waals surface area contributed by atoms with E-state index in [1.807, 2.05) is 17.9 Å². The Hall–Kier alpha value is -0.500. The van der Waals surface area contributed by atoms with E-state index in [9.17, 15) is 0 Å². The van der Waals surface area contributed by atoms with Crippen molar-refractivity contribution >= 4 is 11.6 Å². The highest BCUT2D eigenvalue weighted by Gasteiger charge is 2.21. The topological polar surface area (TPSA) is 17.8 Å². The summed E-state index contributed by atoms with van der Waals surface area (Å²) in [5.74, 6) is 0.751. The summed E-state index contributed by atoms with van der Waals surface area (Å²) < 4.78 is 1.85. The van der Waals surface area contributed by atoms with Crippen LogP contribution in [0.25, 0.3) is 0 Å². The fourth-order valence-electron chi connectivity index (χ4n) is 1.91. The van der Waals surface area contributed by atoms with E-state index in [1.54, 1.807) is 0 Å². The van der Waals surface area contributed by atoms with E-state index in [4.69, 9.17) is 11.6 Å². The van der Waals surface area contributed by atoms with E-state index in [0.717, 1.165) is 18.7 Å². The van der Waals surface area contributed by atoms with Gasteiger partial charge in [-0.2, -0.15) is 5.10 Å². The summed E-state index contributed by atoms with van der Waals surface area (Å²) in [5, 5.41) is 4.17. The molecule has 1 rings (SSSR count). The van der Waals surface area contributed by atoms with Crippen LogP contribution in [0.2, 0.25) is 0 Å². The van der Waals surface area contributed by atoms with Gasteiger partial charge in [-0.1, -0.05) is 20.3 Å².